The van der Waals surface area contributed by atoms with E-state index in [-0.39, 0.29) is 28.4 Å². The maximum Gasteiger partial charge on any atom is 0.311 e. The summed E-state index contributed by atoms with van der Waals surface area (Å²) < 4.78 is 33.5. The minimum Gasteiger partial charge on any atom is -0.412 e. The molecule has 3 aromatic rings. The number of rotatable bonds is 6. The lowest BCUT2D eigenvalue weighted by Gasteiger charge is -2.24. The van der Waals surface area contributed by atoms with Gasteiger partial charge in [0.15, 0.2) is 0 Å². The summed E-state index contributed by atoms with van der Waals surface area (Å²) in [5.74, 6) is -0.220. The number of nitrogens with zero attached hydrogens (tertiary/aromatic N) is 3. The zero-order valence-electron chi connectivity index (χ0n) is 16.5. The molecule has 1 N–H and O–H groups in total. The Morgan fingerprint density at radius 1 is 1.17 bits per heavy atom. The molecule has 1 aliphatic rings. The third-order valence-electron chi connectivity index (χ3n) is 4.93. The average molecular weight is 447 g/mol. The lowest BCUT2D eigenvalue weighted by Crippen LogP contribution is -2.35. The maximum absolute atomic E-state index is 12.6. The van der Waals surface area contributed by atoms with Crippen LogP contribution < -0.4 is 4.72 Å². The SMILES string of the molecule is Cc1ccc(CNS(=O)(=O)c2cc(-c3nnc(C(=O)N4CCCCC4)o3)cs2)cc1. The van der Waals surface area contributed by atoms with E-state index in [2.05, 4.69) is 14.9 Å². The van der Waals surface area contributed by atoms with Crippen molar-refractivity contribution < 1.29 is 17.6 Å². The van der Waals surface area contributed by atoms with Gasteiger partial charge in [0.1, 0.15) is 4.21 Å². The number of nitrogens with one attached hydrogen (secondary N) is 1. The van der Waals surface area contributed by atoms with Crippen molar-refractivity contribution >= 4 is 27.3 Å². The number of hydrogen-bond donors (Lipinski definition) is 1. The smallest absolute Gasteiger partial charge is 0.311 e. The molecule has 1 saturated heterocycles. The highest BCUT2D eigenvalue weighted by Gasteiger charge is 2.25. The van der Waals surface area contributed by atoms with Gasteiger partial charge in [-0.2, -0.15) is 0 Å². The number of carbonyl (C=O) groups excluding carboxylic acids is 1. The van der Waals surface area contributed by atoms with Gasteiger partial charge in [-0.05, 0) is 37.8 Å². The van der Waals surface area contributed by atoms with Gasteiger partial charge >= 0.3 is 11.8 Å². The molecule has 30 heavy (non-hydrogen) atoms. The summed E-state index contributed by atoms with van der Waals surface area (Å²) in [4.78, 5) is 14.2. The van der Waals surface area contributed by atoms with Gasteiger partial charge in [0, 0.05) is 25.0 Å². The van der Waals surface area contributed by atoms with Gasteiger partial charge in [0.05, 0.1) is 5.56 Å². The third-order valence-corrected chi connectivity index (χ3v) is 7.77. The van der Waals surface area contributed by atoms with E-state index in [9.17, 15) is 13.2 Å². The van der Waals surface area contributed by atoms with Gasteiger partial charge in [-0.15, -0.1) is 21.5 Å². The maximum atomic E-state index is 12.6. The van der Waals surface area contributed by atoms with E-state index in [0.717, 1.165) is 41.7 Å². The molecule has 0 radical (unpaired) electrons. The number of carbonyl (C=O) groups is 1. The van der Waals surface area contributed by atoms with E-state index in [4.69, 9.17) is 4.42 Å². The van der Waals surface area contributed by atoms with Gasteiger partial charge < -0.3 is 9.32 Å². The van der Waals surface area contributed by atoms with E-state index in [1.807, 2.05) is 31.2 Å². The summed E-state index contributed by atoms with van der Waals surface area (Å²) in [7, 11) is -3.68. The van der Waals surface area contributed by atoms with Crippen molar-refractivity contribution in [1.29, 1.82) is 0 Å². The quantitative estimate of drug-likeness (QED) is 0.623. The molecule has 1 aromatic carbocycles. The number of aromatic nitrogens is 2. The normalized spacial score (nSPS) is 14.8. The Morgan fingerprint density at radius 2 is 1.90 bits per heavy atom. The van der Waals surface area contributed by atoms with Crippen LogP contribution in [0.4, 0.5) is 0 Å². The lowest BCUT2D eigenvalue weighted by atomic mass is 10.1. The molecule has 10 heteroatoms. The van der Waals surface area contributed by atoms with Crippen LogP contribution in [0.2, 0.25) is 0 Å². The van der Waals surface area contributed by atoms with Crippen molar-refractivity contribution in [2.24, 2.45) is 0 Å². The van der Waals surface area contributed by atoms with E-state index < -0.39 is 10.0 Å². The number of piperidine rings is 1. The first kappa shape index (κ1) is 20.7. The summed E-state index contributed by atoms with van der Waals surface area (Å²) in [5.41, 5.74) is 2.46. The van der Waals surface area contributed by atoms with Crippen LogP contribution in [-0.4, -0.2) is 42.5 Å². The number of aryl methyl sites for hydroxylation is 1. The third kappa shape index (κ3) is 4.61. The van der Waals surface area contributed by atoms with Crippen LogP contribution in [0.25, 0.3) is 11.5 Å². The molecule has 3 heterocycles. The summed E-state index contributed by atoms with van der Waals surface area (Å²) in [6, 6.07) is 9.12. The number of sulfonamides is 1. The number of likely N-dealkylation sites (tertiary alicyclic amines) is 1. The highest BCUT2D eigenvalue weighted by atomic mass is 32.2. The van der Waals surface area contributed by atoms with Crippen LogP contribution in [0, 0.1) is 6.92 Å². The van der Waals surface area contributed by atoms with Gasteiger partial charge in [0.25, 0.3) is 0 Å². The number of thiophene rings is 1. The van der Waals surface area contributed by atoms with Crippen LogP contribution in [0.3, 0.4) is 0 Å². The topological polar surface area (TPSA) is 105 Å². The van der Waals surface area contributed by atoms with Crippen molar-refractivity contribution in [3.63, 3.8) is 0 Å². The highest BCUT2D eigenvalue weighted by Crippen LogP contribution is 2.28. The van der Waals surface area contributed by atoms with E-state index in [0.29, 0.717) is 18.7 Å². The second kappa shape index (κ2) is 8.66. The van der Waals surface area contributed by atoms with Crippen LogP contribution in [0.15, 0.2) is 44.3 Å². The average Bonchev–Trinajstić information content (AvgIpc) is 3.44. The van der Waals surface area contributed by atoms with Crippen molar-refractivity contribution in [3.8, 4) is 11.5 Å². The number of benzene rings is 1. The second-order valence-electron chi connectivity index (χ2n) is 7.23. The first-order chi connectivity index (χ1) is 14.4. The molecule has 0 saturated carbocycles. The molecule has 158 valence electrons. The van der Waals surface area contributed by atoms with Crippen LogP contribution in [0.1, 0.15) is 41.1 Å². The van der Waals surface area contributed by atoms with Gasteiger partial charge in [0.2, 0.25) is 15.9 Å². The van der Waals surface area contributed by atoms with Crippen LogP contribution >= 0.6 is 11.3 Å². The largest absolute Gasteiger partial charge is 0.412 e. The molecular weight excluding hydrogens is 424 g/mol. The Labute approximate surface area is 179 Å². The molecule has 8 nitrogen and oxygen atoms in total. The molecule has 4 rings (SSSR count). The standard InChI is InChI=1S/C20H22N4O4S2/c1-14-5-7-15(8-6-14)12-21-30(26,27)17-11-16(13-29-17)18-22-23-19(28-18)20(25)24-9-3-2-4-10-24/h5-8,11,13,21H,2-4,9-10,12H2,1H3. The Kier molecular flexibility index (Phi) is 5.98. The van der Waals surface area contributed by atoms with Crippen molar-refractivity contribution in [2.45, 2.75) is 36.9 Å². The zero-order valence-corrected chi connectivity index (χ0v) is 18.1. The van der Waals surface area contributed by atoms with Crippen LogP contribution in [0.5, 0.6) is 0 Å². The predicted molar refractivity (Wildman–Crippen MR) is 113 cm³/mol. The number of amides is 1. The molecule has 1 amide bonds. The zero-order chi connectivity index (χ0) is 21.1. The molecule has 1 aliphatic heterocycles. The predicted octanol–water partition coefficient (Wildman–Crippen LogP) is 3.21. The molecule has 0 aliphatic carbocycles. The molecule has 0 spiro atoms. The second-order valence-corrected chi connectivity index (χ2v) is 10.1. The Bertz CT molecular complexity index is 1130. The highest BCUT2D eigenvalue weighted by molar-refractivity contribution is 7.91. The molecule has 0 bridgehead atoms. The summed E-state index contributed by atoms with van der Waals surface area (Å²) >= 11 is 1.06. The minimum absolute atomic E-state index is 0.0694. The molecular formula is C20H22N4O4S2. The fraction of sp³-hybridized carbons (Fsp3) is 0.350. The fourth-order valence-electron chi connectivity index (χ4n) is 3.18. The summed E-state index contributed by atoms with van der Waals surface area (Å²) in [6.07, 6.45) is 3.05. The van der Waals surface area contributed by atoms with Crippen LogP contribution in [-0.2, 0) is 16.6 Å². The minimum atomic E-state index is -3.68. The van der Waals surface area contributed by atoms with Crippen molar-refractivity contribution in [2.75, 3.05) is 13.1 Å². The Hall–Kier alpha value is -2.56. The molecule has 0 unspecified atom stereocenters. The fourth-order valence-corrected chi connectivity index (χ4v) is 5.40. The van der Waals surface area contributed by atoms with Crippen molar-refractivity contribution in [3.05, 3.63) is 52.7 Å². The molecule has 1 fully saturated rings. The van der Waals surface area contributed by atoms with Gasteiger partial charge in [-0.25, -0.2) is 13.1 Å². The summed E-state index contributed by atoms with van der Waals surface area (Å²) in [5, 5.41) is 9.41. The first-order valence-corrected chi connectivity index (χ1v) is 12.1. The lowest BCUT2D eigenvalue weighted by molar-refractivity contribution is 0.0684. The molecule has 0 atom stereocenters. The Balaban J connectivity index is 1.45. The molecule has 2 aromatic heterocycles. The first-order valence-electron chi connectivity index (χ1n) is 9.69. The van der Waals surface area contributed by atoms with Crippen molar-refractivity contribution in [1.82, 2.24) is 19.8 Å². The van der Waals surface area contributed by atoms with E-state index >= 15 is 0 Å². The van der Waals surface area contributed by atoms with Gasteiger partial charge in [-0.3, -0.25) is 4.79 Å². The van der Waals surface area contributed by atoms with E-state index in [1.165, 1.54) is 6.07 Å². The summed E-state index contributed by atoms with van der Waals surface area (Å²) in [6.45, 7) is 3.54. The monoisotopic (exact) mass is 446 g/mol. The Morgan fingerprint density at radius 3 is 2.63 bits per heavy atom. The number of hydrogen-bond acceptors (Lipinski definition) is 7. The van der Waals surface area contributed by atoms with Gasteiger partial charge in [-0.1, -0.05) is 29.8 Å². The van der Waals surface area contributed by atoms with E-state index in [1.54, 1.807) is 10.3 Å².